The molecule has 1 saturated heterocycles. The van der Waals surface area contributed by atoms with Gasteiger partial charge in [0.15, 0.2) is 5.96 Å². The Morgan fingerprint density at radius 2 is 2.24 bits per heavy atom. The second kappa shape index (κ2) is 11.6. The number of hydrogen-bond donors (Lipinski definition) is 2. The minimum Gasteiger partial charge on any atom is -0.379 e. The average molecular weight is 469 g/mol. The predicted octanol–water partition coefficient (Wildman–Crippen LogP) is 2.48. The fourth-order valence-electron chi connectivity index (χ4n) is 2.44. The second-order valence-electron chi connectivity index (χ2n) is 5.85. The van der Waals surface area contributed by atoms with Crippen molar-refractivity contribution in [2.75, 3.05) is 33.4 Å². The van der Waals surface area contributed by atoms with Gasteiger partial charge in [0.2, 0.25) is 0 Å². The van der Waals surface area contributed by atoms with Gasteiger partial charge in [0.1, 0.15) is 11.6 Å². The average Bonchev–Trinajstić information content (AvgIpc) is 3.08. The molecule has 2 atom stereocenters. The minimum atomic E-state index is -0.435. The third-order valence-corrected chi connectivity index (χ3v) is 3.77. The molecule has 1 heterocycles. The van der Waals surface area contributed by atoms with Crippen molar-refractivity contribution in [1.82, 2.24) is 10.6 Å². The number of nitrogens with one attached hydrogen (secondary N) is 2. The fraction of sp³-hybridized carbons (Fsp3) is 0.588. The van der Waals surface area contributed by atoms with Crippen LogP contribution in [0.1, 0.15) is 18.9 Å². The van der Waals surface area contributed by atoms with Gasteiger partial charge < -0.3 is 20.1 Å². The molecular formula is C17H26F2IN3O2. The lowest BCUT2D eigenvalue weighted by atomic mass is 10.1. The lowest BCUT2D eigenvalue weighted by Gasteiger charge is -2.19. The highest BCUT2D eigenvalue weighted by atomic mass is 127. The summed E-state index contributed by atoms with van der Waals surface area (Å²) in [6, 6.07) is 3.55. The van der Waals surface area contributed by atoms with Crippen LogP contribution in [0, 0.1) is 11.6 Å². The number of nitrogens with zero attached hydrogens (tertiary/aromatic N) is 1. The smallest absolute Gasteiger partial charge is 0.191 e. The SMILES string of the molecule is CN=C(NCCc1cc(F)ccc1F)NC(C)COC1CCOC1.I. The van der Waals surface area contributed by atoms with Crippen LogP contribution < -0.4 is 10.6 Å². The first-order valence-corrected chi connectivity index (χ1v) is 8.19. The number of ether oxygens (including phenoxy) is 2. The molecule has 2 unspecified atom stereocenters. The summed E-state index contributed by atoms with van der Waals surface area (Å²) >= 11 is 0. The van der Waals surface area contributed by atoms with Crippen molar-refractivity contribution in [1.29, 1.82) is 0 Å². The van der Waals surface area contributed by atoms with Gasteiger partial charge >= 0.3 is 0 Å². The highest BCUT2D eigenvalue weighted by Gasteiger charge is 2.17. The molecule has 0 aliphatic carbocycles. The zero-order chi connectivity index (χ0) is 17.4. The molecule has 1 aromatic carbocycles. The van der Waals surface area contributed by atoms with E-state index < -0.39 is 11.6 Å². The maximum absolute atomic E-state index is 13.6. The third kappa shape index (κ3) is 7.83. The molecule has 8 heteroatoms. The number of halogens is 3. The van der Waals surface area contributed by atoms with E-state index in [1.165, 1.54) is 6.07 Å². The van der Waals surface area contributed by atoms with E-state index in [-0.39, 0.29) is 36.1 Å². The van der Waals surface area contributed by atoms with Gasteiger partial charge in [-0.05, 0) is 43.5 Å². The molecule has 5 nitrogen and oxygen atoms in total. The molecule has 2 rings (SSSR count). The summed E-state index contributed by atoms with van der Waals surface area (Å²) in [7, 11) is 1.66. The van der Waals surface area contributed by atoms with Crippen LogP contribution >= 0.6 is 24.0 Å². The highest BCUT2D eigenvalue weighted by Crippen LogP contribution is 2.10. The Morgan fingerprint density at radius 1 is 1.44 bits per heavy atom. The Bertz CT molecular complexity index is 555. The van der Waals surface area contributed by atoms with Crippen molar-refractivity contribution >= 4 is 29.9 Å². The molecular weight excluding hydrogens is 443 g/mol. The number of hydrogen-bond acceptors (Lipinski definition) is 3. The monoisotopic (exact) mass is 469 g/mol. The van der Waals surface area contributed by atoms with Crippen molar-refractivity contribution in [2.24, 2.45) is 4.99 Å². The van der Waals surface area contributed by atoms with Crippen LogP contribution in [-0.2, 0) is 15.9 Å². The number of aliphatic imine (C=N–C) groups is 1. The van der Waals surface area contributed by atoms with Gasteiger partial charge in [0.25, 0.3) is 0 Å². The van der Waals surface area contributed by atoms with Gasteiger partial charge in [-0.2, -0.15) is 0 Å². The standard InChI is InChI=1S/C17H25F2N3O2.HI/c1-12(10-24-15-6-8-23-11-15)22-17(20-2)21-7-5-13-9-14(18)3-4-16(13)19;/h3-4,9,12,15H,5-8,10-11H2,1-2H3,(H2,20,21,22);1H. The van der Waals surface area contributed by atoms with Gasteiger partial charge in [0.05, 0.1) is 19.3 Å². The normalized spacial score (nSPS) is 18.6. The first kappa shape index (κ1) is 22.0. The van der Waals surface area contributed by atoms with Gasteiger partial charge in [-0.1, -0.05) is 0 Å². The molecule has 0 radical (unpaired) electrons. The van der Waals surface area contributed by atoms with Crippen molar-refractivity contribution < 1.29 is 18.3 Å². The molecule has 25 heavy (non-hydrogen) atoms. The van der Waals surface area contributed by atoms with Gasteiger partial charge in [-0.3, -0.25) is 4.99 Å². The summed E-state index contributed by atoms with van der Waals surface area (Å²) in [5.74, 6) is -0.233. The maximum atomic E-state index is 13.6. The Morgan fingerprint density at radius 3 is 2.92 bits per heavy atom. The fourth-order valence-corrected chi connectivity index (χ4v) is 2.44. The summed E-state index contributed by atoms with van der Waals surface area (Å²) < 4.78 is 37.7. The summed E-state index contributed by atoms with van der Waals surface area (Å²) in [5, 5.41) is 6.30. The topological polar surface area (TPSA) is 54.9 Å². The molecule has 142 valence electrons. The van der Waals surface area contributed by atoms with Gasteiger partial charge in [-0.25, -0.2) is 8.78 Å². The molecule has 2 N–H and O–H groups in total. The molecule has 0 bridgehead atoms. The highest BCUT2D eigenvalue weighted by molar-refractivity contribution is 14.0. The molecule has 1 aromatic rings. The van der Waals surface area contributed by atoms with E-state index in [1.807, 2.05) is 6.92 Å². The van der Waals surface area contributed by atoms with Crippen LogP contribution in [-0.4, -0.2) is 51.5 Å². The van der Waals surface area contributed by atoms with Crippen LogP contribution in [0.3, 0.4) is 0 Å². The molecule has 0 amide bonds. The molecule has 0 aromatic heterocycles. The Kier molecular flexibility index (Phi) is 10.2. The van der Waals surface area contributed by atoms with E-state index in [9.17, 15) is 8.78 Å². The maximum Gasteiger partial charge on any atom is 0.191 e. The van der Waals surface area contributed by atoms with Crippen molar-refractivity contribution in [3.63, 3.8) is 0 Å². The molecule has 1 aliphatic rings. The van der Waals surface area contributed by atoms with Gasteiger partial charge in [-0.15, -0.1) is 24.0 Å². The van der Waals surface area contributed by atoms with E-state index in [0.717, 1.165) is 25.2 Å². The Balaban J connectivity index is 0.00000312. The van der Waals surface area contributed by atoms with E-state index >= 15 is 0 Å². The Labute approximate surface area is 164 Å². The summed E-state index contributed by atoms with van der Waals surface area (Å²) in [6.45, 7) is 4.40. The second-order valence-corrected chi connectivity index (χ2v) is 5.85. The van der Waals surface area contributed by atoms with E-state index in [0.29, 0.717) is 37.7 Å². The van der Waals surface area contributed by atoms with Crippen LogP contribution in [0.4, 0.5) is 8.78 Å². The summed E-state index contributed by atoms with van der Waals surface area (Å²) in [5.41, 5.74) is 0.343. The van der Waals surface area contributed by atoms with Crippen molar-refractivity contribution in [2.45, 2.75) is 31.9 Å². The third-order valence-electron chi connectivity index (χ3n) is 3.77. The summed E-state index contributed by atoms with van der Waals surface area (Å²) in [6.07, 6.45) is 1.47. The molecule has 1 fully saturated rings. The van der Waals surface area contributed by atoms with E-state index in [1.54, 1.807) is 7.05 Å². The van der Waals surface area contributed by atoms with Crippen LogP contribution in [0.2, 0.25) is 0 Å². The lowest BCUT2D eigenvalue weighted by molar-refractivity contribution is 0.0347. The first-order chi connectivity index (χ1) is 11.6. The predicted molar refractivity (Wildman–Crippen MR) is 105 cm³/mol. The van der Waals surface area contributed by atoms with Crippen LogP contribution in [0.25, 0.3) is 0 Å². The molecule has 0 saturated carbocycles. The number of guanidine groups is 1. The van der Waals surface area contributed by atoms with Crippen LogP contribution in [0.15, 0.2) is 23.2 Å². The first-order valence-electron chi connectivity index (χ1n) is 8.19. The zero-order valence-corrected chi connectivity index (χ0v) is 16.9. The Hall–Kier alpha value is -1.00. The van der Waals surface area contributed by atoms with E-state index in [2.05, 4.69) is 15.6 Å². The quantitative estimate of drug-likeness (QED) is 0.366. The number of benzene rings is 1. The minimum absolute atomic E-state index is 0. The largest absolute Gasteiger partial charge is 0.379 e. The zero-order valence-electron chi connectivity index (χ0n) is 14.6. The van der Waals surface area contributed by atoms with Crippen molar-refractivity contribution in [3.8, 4) is 0 Å². The molecule has 1 aliphatic heterocycles. The molecule has 0 spiro atoms. The van der Waals surface area contributed by atoms with E-state index in [4.69, 9.17) is 9.47 Å². The summed E-state index contributed by atoms with van der Waals surface area (Å²) in [4.78, 5) is 4.13. The van der Waals surface area contributed by atoms with Crippen LogP contribution in [0.5, 0.6) is 0 Å². The van der Waals surface area contributed by atoms with Gasteiger partial charge in [0, 0.05) is 26.2 Å². The lowest BCUT2D eigenvalue weighted by Crippen LogP contribution is -2.45. The van der Waals surface area contributed by atoms with Crippen molar-refractivity contribution in [3.05, 3.63) is 35.4 Å². The number of rotatable bonds is 7.